The average molecular weight is 276 g/mol. The smallest absolute Gasteiger partial charge is 0.161 e. The van der Waals surface area contributed by atoms with E-state index in [4.69, 9.17) is 9.47 Å². The second-order valence-corrected chi connectivity index (χ2v) is 6.01. The summed E-state index contributed by atoms with van der Waals surface area (Å²) in [6, 6.07) is 5.82. The lowest BCUT2D eigenvalue weighted by Gasteiger charge is -2.22. The number of rotatable bonds is 3. The highest BCUT2D eigenvalue weighted by molar-refractivity contribution is 5.44. The molecule has 3 nitrogen and oxygen atoms in total. The van der Waals surface area contributed by atoms with Crippen LogP contribution in [0.5, 0.6) is 11.5 Å². The van der Waals surface area contributed by atoms with Gasteiger partial charge in [0.2, 0.25) is 0 Å². The molecule has 20 heavy (non-hydrogen) atoms. The molecule has 1 saturated carbocycles. The van der Waals surface area contributed by atoms with Gasteiger partial charge in [-0.15, -0.1) is 0 Å². The van der Waals surface area contributed by atoms with Crippen LogP contribution in [0.3, 0.4) is 0 Å². The molecule has 1 unspecified atom stereocenters. The van der Waals surface area contributed by atoms with Crippen molar-refractivity contribution in [3.05, 3.63) is 23.8 Å². The Balaban J connectivity index is 1.65. The van der Waals surface area contributed by atoms with Gasteiger partial charge in [-0.05, 0) is 30.0 Å². The van der Waals surface area contributed by atoms with Crippen LogP contribution in [0.2, 0.25) is 0 Å². The zero-order valence-corrected chi connectivity index (χ0v) is 12.0. The van der Waals surface area contributed by atoms with Gasteiger partial charge in [-0.2, -0.15) is 0 Å². The molecule has 110 valence electrons. The van der Waals surface area contributed by atoms with E-state index in [1.807, 2.05) is 18.2 Å². The summed E-state index contributed by atoms with van der Waals surface area (Å²) in [5.74, 6) is 2.23. The molecule has 1 aromatic rings. The summed E-state index contributed by atoms with van der Waals surface area (Å²) in [5.41, 5.74) is 0.957. The molecule has 0 spiro atoms. The van der Waals surface area contributed by atoms with Crippen molar-refractivity contribution in [3.8, 4) is 11.5 Å². The maximum atomic E-state index is 10.5. The number of hydrogen-bond donors (Lipinski definition) is 1. The van der Waals surface area contributed by atoms with Gasteiger partial charge in [-0.3, -0.25) is 0 Å². The Hall–Kier alpha value is -1.22. The number of fused-ring (bicyclic) bond motifs is 1. The van der Waals surface area contributed by atoms with Crippen LogP contribution >= 0.6 is 0 Å². The molecule has 0 amide bonds. The number of ether oxygens (including phenoxy) is 2. The summed E-state index contributed by atoms with van der Waals surface area (Å²) in [6.07, 6.45) is 8.38. The van der Waals surface area contributed by atoms with E-state index in [0.717, 1.165) is 23.5 Å². The van der Waals surface area contributed by atoms with E-state index in [-0.39, 0.29) is 6.10 Å². The zero-order valence-electron chi connectivity index (χ0n) is 12.0. The third kappa shape index (κ3) is 3.26. The van der Waals surface area contributed by atoms with Gasteiger partial charge in [0.05, 0.1) is 6.10 Å². The largest absolute Gasteiger partial charge is 0.486 e. The minimum atomic E-state index is -0.381. The molecule has 2 aliphatic rings. The second-order valence-electron chi connectivity index (χ2n) is 6.01. The van der Waals surface area contributed by atoms with E-state index >= 15 is 0 Å². The molecular formula is C17H24O3. The molecule has 1 fully saturated rings. The number of aliphatic hydroxyl groups is 1. The van der Waals surface area contributed by atoms with Crippen molar-refractivity contribution in [2.45, 2.75) is 51.0 Å². The van der Waals surface area contributed by atoms with Gasteiger partial charge in [0.25, 0.3) is 0 Å². The molecule has 3 heteroatoms. The molecule has 1 aliphatic carbocycles. The fraction of sp³-hybridized carbons (Fsp3) is 0.647. The minimum absolute atomic E-state index is 0.381. The summed E-state index contributed by atoms with van der Waals surface area (Å²) < 4.78 is 11.1. The Bertz CT molecular complexity index is 436. The van der Waals surface area contributed by atoms with Crippen molar-refractivity contribution in [1.29, 1.82) is 0 Å². The highest BCUT2D eigenvalue weighted by Crippen LogP contribution is 2.36. The second kappa shape index (κ2) is 6.49. The predicted molar refractivity (Wildman–Crippen MR) is 78.2 cm³/mol. The fourth-order valence-corrected chi connectivity index (χ4v) is 3.32. The van der Waals surface area contributed by atoms with Gasteiger partial charge in [0.1, 0.15) is 13.2 Å². The molecule has 0 saturated heterocycles. The Morgan fingerprint density at radius 3 is 2.45 bits per heavy atom. The van der Waals surface area contributed by atoms with Crippen LogP contribution in [0.25, 0.3) is 0 Å². The van der Waals surface area contributed by atoms with Gasteiger partial charge in [-0.25, -0.2) is 0 Å². The third-order valence-corrected chi connectivity index (χ3v) is 4.48. The number of hydrogen-bond acceptors (Lipinski definition) is 3. The summed E-state index contributed by atoms with van der Waals surface area (Å²) in [6.45, 7) is 1.20. The van der Waals surface area contributed by atoms with E-state index in [0.29, 0.717) is 19.1 Å². The van der Waals surface area contributed by atoms with Crippen LogP contribution in [-0.4, -0.2) is 18.3 Å². The lowest BCUT2D eigenvalue weighted by molar-refractivity contribution is 0.136. The Morgan fingerprint density at radius 1 is 1.00 bits per heavy atom. The molecule has 1 atom stereocenters. The average Bonchev–Trinajstić information content (AvgIpc) is 2.75. The Morgan fingerprint density at radius 2 is 1.70 bits per heavy atom. The van der Waals surface area contributed by atoms with Crippen LogP contribution in [-0.2, 0) is 0 Å². The highest BCUT2D eigenvalue weighted by atomic mass is 16.6. The van der Waals surface area contributed by atoms with Crippen molar-refractivity contribution in [2.75, 3.05) is 13.2 Å². The fourth-order valence-electron chi connectivity index (χ4n) is 3.32. The molecule has 0 aromatic heterocycles. The molecule has 1 aromatic carbocycles. The van der Waals surface area contributed by atoms with Gasteiger partial charge in [0.15, 0.2) is 11.5 Å². The topological polar surface area (TPSA) is 38.7 Å². The zero-order chi connectivity index (χ0) is 13.8. The van der Waals surface area contributed by atoms with Crippen molar-refractivity contribution in [1.82, 2.24) is 0 Å². The maximum absolute atomic E-state index is 10.5. The first-order valence-electron chi connectivity index (χ1n) is 7.90. The van der Waals surface area contributed by atoms with Crippen molar-refractivity contribution < 1.29 is 14.6 Å². The van der Waals surface area contributed by atoms with Gasteiger partial charge < -0.3 is 14.6 Å². The number of aliphatic hydroxyl groups excluding tert-OH is 1. The van der Waals surface area contributed by atoms with Crippen LogP contribution in [0.15, 0.2) is 18.2 Å². The quantitative estimate of drug-likeness (QED) is 0.852. The molecule has 0 radical (unpaired) electrons. The van der Waals surface area contributed by atoms with E-state index in [9.17, 15) is 5.11 Å². The normalized spacial score (nSPS) is 21.2. The van der Waals surface area contributed by atoms with Crippen LogP contribution in [0.1, 0.15) is 56.6 Å². The lowest BCUT2D eigenvalue weighted by Crippen LogP contribution is -2.16. The first-order valence-corrected chi connectivity index (χ1v) is 7.90. The Labute approximate surface area is 120 Å². The summed E-state index contributed by atoms with van der Waals surface area (Å²) in [7, 11) is 0. The SMILES string of the molecule is OC(CC1CCCCCC1)c1ccc2c(c1)OCCO2. The van der Waals surface area contributed by atoms with Crippen LogP contribution < -0.4 is 9.47 Å². The molecular weight excluding hydrogens is 252 g/mol. The van der Waals surface area contributed by atoms with Crippen LogP contribution in [0.4, 0.5) is 0 Å². The van der Waals surface area contributed by atoms with E-state index < -0.39 is 0 Å². The van der Waals surface area contributed by atoms with E-state index in [2.05, 4.69) is 0 Å². The monoisotopic (exact) mass is 276 g/mol. The first kappa shape index (κ1) is 13.7. The standard InChI is InChI=1S/C17H24O3/c18-15(11-13-5-3-1-2-4-6-13)14-7-8-16-17(12-14)20-10-9-19-16/h7-8,12-13,15,18H,1-6,9-11H2. The maximum Gasteiger partial charge on any atom is 0.161 e. The molecule has 1 heterocycles. The third-order valence-electron chi connectivity index (χ3n) is 4.48. The highest BCUT2D eigenvalue weighted by Gasteiger charge is 2.20. The van der Waals surface area contributed by atoms with Crippen molar-refractivity contribution in [3.63, 3.8) is 0 Å². The van der Waals surface area contributed by atoms with E-state index in [1.54, 1.807) is 0 Å². The van der Waals surface area contributed by atoms with Crippen molar-refractivity contribution >= 4 is 0 Å². The first-order chi connectivity index (χ1) is 9.83. The summed E-state index contributed by atoms with van der Waals surface area (Å²) >= 11 is 0. The van der Waals surface area contributed by atoms with Crippen LogP contribution in [0, 0.1) is 5.92 Å². The van der Waals surface area contributed by atoms with Crippen molar-refractivity contribution in [2.24, 2.45) is 5.92 Å². The Kier molecular flexibility index (Phi) is 4.46. The molecule has 1 N–H and O–H groups in total. The van der Waals surface area contributed by atoms with Gasteiger partial charge in [0, 0.05) is 0 Å². The molecule has 0 bridgehead atoms. The van der Waals surface area contributed by atoms with Gasteiger partial charge in [-0.1, -0.05) is 44.6 Å². The predicted octanol–water partition coefficient (Wildman–Crippen LogP) is 3.85. The lowest BCUT2D eigenvalue weighted by atomic mass is 9.91. The number of benzene rings is 1. The molecule has 1 aliphatic heterocycles. The summed E-state index contributed by atoms with van der Waals surface area (Å²) in [4.78, 5) is 0. The van der Waals surface area contributed by atoms with Gasteiger partial charge >= 0.3 is 0 Å². The molecule has 3 rings (SSSR count). The minimum Gasteiger partial charge on any atom is -0.486 e. The van der Waals surface area contributed by atoms with E-state index in [1.165, 1.54) is 38.5 Å². The summed E-state index contributed by atoms with van der Waals surface area (Å²) in [5, 5.41) is 10.5.